The fourth-order valence-corrected chi connectivity index (χ4v) is 3.20. The zero-order chi connectivity index (χ0) is 21.7. The summed E-state index contributed by atoms with van der Waals surface area (Å²) in [5.74, 6) is 0.290. The molecule has 3 aromatic rings. The second-order valence-electron chi connectivity index (χ2n) is 6.63. The minimum atomic E-state index is -0.429. The summed E-state index contributed by atoms with van der Waals surface area (Å²) in [4.78, 5) is 23.0. The Hall–Kier alpha value is -3.39. The minimum Gasteiger partial charge on any atom is -0.489 e. The Bertz CT molecular complexity index is 1080. The number of amides is 1. The molecule has 30 heavy (non-hydrogen) atoms. The topological polar surface area (TPSA) is 99.3 Å². The molecule has 1 amide bonds. The second kappa shape index (κ2) is 9.41. The van der Waals surface area contributed by atoms with E-state index in [0.717, 1.165) is 11.3 Å². The Morgan fingerprint density at radius 1 is 1.30 bits per heavy atom. The van der Waals surface area contributed by atoms with Gasteiger partial charge in [0.2, 0.25) is 0 Å². The van der Waals surface area contributed by atoms with Crippen molar-refractivity contribution in [2.75, 3.05) is 0 Å². The average molecular weight is 429 g/mol. The van der Waals surface area contributed by atoms with Crippen molar-refractivity contribution in [3.8, 4) is 5.75 Å². The van der Waals surface area contributed by atoms with Crippen LogP contribution in [0, 0.1) is 17.0 Å². The first-order chi connectivity index (χ1) is 14.4. The molecule has 0 aliphatic heterocycles. The largest absolute Gasteiger partial charge is 0.489 e. The van der Waals surface area contributed by atoms with Crippen LogP contribution in [0.15, 0.2) is 48.7 Å². The molecule has 0 saturated heterocycles. The number of nitro groups is 1. The lowest BCUT2D eigenvalue weighted by atomic mass is 10.1. The molecule has 8 nitrogen and oxygen atoms in total. The third-order valence-electron chi connectivity index (χ3n) is 4.57. The van der Waals surface area contributed by atoms with Crippen LogP contribution >= 0.6 is 11.6 Å². The van der Waals surface area contributed by atoms with E-state index >= 15 is 0 Å². The summed E-state index contributed by atoms with van der Waals surface area (Å²) >= 11 is 6.13. The number of benzene rings is 2. The first-order valence-electron chi connectivity index (χ1n) is 9.34. The smallest absolute Gasteiger partial charge is 0.272 e. The molecule has 9 heteroatoms. The molecule has 0 saturated carbocycles. The summed E-state index contributed by atoms with van der Waals surface area (Å²) in [7, 11) is 0. The van der Waals surface area contributed by atoms with Crippen molar-refractivity contribution in [2.45, 2.75) is 33.5 Å². The number of rotatable bonds is 8. The fourth-order valence-electron chi connectivity index (χ4n) is 2.99. The number of nitro benzene ring substituents is 1. The van der Waals surface area contributed by atoms with Gasteiger partial charge in [-0.05, 0) is 43.7 Å². The van der Waals surface area contributed by atoms with Gasteiger partial charge in [0.15, 0.2) is 0 Å². The number of ether oxygens (including phenoxy) is 1. The molecule has 1 N–H and O–H groups in total. The fraction of sp³-hybridized carbons (Fsp3) is 0.238. The van der Waals surface area contributed by atoms with Gasteiger partial charge in [-0.1, -0.05) is 23.7 Å². The molecule has 0 unspecified atom stereocenters. The van der Waals surface area contributed by atoms with E-state index in [1.54, 1.807) is 48.1 Å². The van der Waals surface area contributed by atoms with Gasteiger partial charge in [0.25, 0.3) is 11.6 Å². The molecule has 0 aliphatic carbocycles. The number of nitrogens with zero attached hydrogens (tertiary/aromatic N) is 3. The predicted octanol–water partition coefficient (Wildman–Crippen LogP) is 4.28. The van der Waals surface area contributed by atoms with Crippen molar-refractivity contribution < 1.29 is 14.5 Å². The summed E-state index contributed by atoms with van der Waals surface area (Å²) in [6.07, 6.45) is 1.56. The number of carbonyl (C=O) groups is 1. The first kappa shape index (κ1) is 21.3. The van der Waals surface area contributed by atoms with Gasteiger partial charge in [0, 0.05) is 23.7 Å². The highest BCUT2D eigenvalue weighted by molar-refractivity contribution is 6.31. The van der Waals surface area contributed by atoms with Crippen LogP contribution in [0.3, 0.4) is 0 Å². The highest BCUT2D eigenvalue weighted by atomic mass is 35.5. The Balaban J connectivity index is 1.63. The number of carbonyl (C=O) groups excluding carboxylic acids is 1. The summed E-state index contributed by atoms with van der Waals surface area (Å²) < 4.78 is 7.46. The molecule has 0 spiro atoms. The monoisotopic (exact) mass is 428 g/mol. The van der Waals surface area contributed by atoms with E-state index in [0.29, 0.717) is 28.4 Å². The van der Waals surface area contributed by atoms with Gasteiger partial charge >= 0.3 is 0 Å². The summed E-state index contributed by atoms with van der Waals surface area (Å²) in [5.41, 5.74) is 2.62. The zero-order valence-corrected chi connectivity index (χ0v) is 17.3. The molecule has 2 aromatic carbocycles. The minimum absolute atomic E-state index is 0.0468. The summed E-state index contributed by atoms with van der Waals surface area (Å²) in [6, 6.07) is 11.7. The van der Waals surface area contributed by atoms with Crippen LogP contribution in [-0.2, 0) is 19.7 Å². The van der Waals surface area contributed by atoms with Crippen LogP contribution in [0.4, 0.5) is 5.69 Å². The third kappa shape index (κ3) is 4.96. The van der Waals surface area contributed by atoms with E-state index in [1.165, 1.54) is 6.07 Å². The lowest BCUT2D eigenvalue weighted by molar-refractivity contribution is -0.385. The number of nitrogens with one attached hydrogen (secondary N) is 1. The normalized spacial score (nSPS) is 10.6. The maximum Gasteiger partial charge on any atom is 0.272 e. The molecule has 0 bridgehead atoms. The molecule has 1 heterocycles. The number of hydrogen-bond donors (Lipinski definition) is 1. The van der Waals surface area contributed by atoms with Gasteiger partial charge in [-0.2, -0.15) is 5.10 Å². The molecule has 1 aromatic heterocycles. The van der Waals surface area contributed by atoms with Gasteiger partial charge < -0.3 is 10.1 Å². The number of aromatic nitrogens is 2. The quantitative estimate of drug-likeness (QED) is 0.426. The van der Waals surface area contributed by atoms with Crippen LogP contribution in [0.25, 0.3) is 0 Å². The number of aryl methyl sites for hydroxylation is 2. The molecule has 0 aliphatic rings. The predicted molar refractivity (Wildman–Crippen MR) is 113 cm³/mol. The van der Waals surface area contributed by atoms with Crippen molar-refractivity contribution in [2.24, 2.45) is 0 Å². The maximum atomic E-state index is 12.5. The highest BCUT2D eigenvalue weighted by Crippen LogP contribution is 2.24. The van der Waals surface area contributed by atoms with Crippen molar-refractivity contribution in [3.05, 3.63) is 86.2 Å². The summed E-state index contributed by atoms with van der Waals surface area (Å²) in [6.45, 7) is 4.77. The van der Waals surface area contributed by atoms with Gasteiger partial charge in [-0.3, -0.25) is 19.6 Å². The molecular formula is C21H21ClN4O4. The van der Waals surface area contributed by atoms with E-state index in [9.17, 15) is 14.9 Å². The van der Waals surface area contributed by atoms with E-state index in [-0.39, 0.29) is 24.7 Å². The van der Waals surface area contributed by atoms with Gasteiger partial charge in [-0.25, -0.2) is 0 Å². The average Bonchev–Trinajstić information content (AvgIpc) is 3.10. The van der Waals surface area contributed by atoms with Gasteiger partial charge in [-0.15, -0.1) is 0 Å². The maximum absolute atomic E-state index is 12.5. The van der Waals surface area contributed by atoms with Gasteiger partial charge in [0.05, 0.1) is 28.4 Å². The SMILES string of the molecule is CCn1ncc(Cl)c1CNC(=O)c1cccc(COc2ccc([N+](=O)[O-])c(C)c2)c1. The van der Waals surface area contributed by atoms with E-state index in [1.807, 2.05) is 13.0 Å². The lowest BCUT2D eigenvalue weighted by Crippen LogP contribution is -2.24. The van der Waals surface area contributed by atoms with Crippen LogP contribution in [0.5, 0.6) is 5.75 Å². The van der Waals surface area contributed by atoms with Crippen molar-refractivity contribution in [1.29, 1.82) is 0 Å². The summed E-state index contributed by atoms with van der Waals surface area (Å²) in [5, 5.41) is 18.4. The Kier molecular flexibility index (Phi) is 6.68. The van der Waals surface area contributed by atoms with Crippen LogP contribution in [0.2, 0.25) is 5.02 Å². The molecule has 0 radical (unpaired) electrons. The molecule has 156 valence electrons. The van der Waals surface area contributed by atoms with Gasteiger partial charge in [0.1, 0.15) is 12.4 Å². The highest BCUT2D eigenvalue weighted by Gasteiger charge is 2.13. The number of halogens is 1. The van der Waals surface area contributed by atoms with Crippen molar-refractivity contribution in [3.63, 3.8) is 0 Å². The van der Waals surface area contributed by atoms with Crippen LogP contribution in [0.1, 0.15) is 34.1 Å². The molecule has 3 rings (SSSR count). The first-order valence-corrected chi connectivity index (χ1v) is 9.72. The molecule has 0 fully saturated rings. The van der Waals surface area contributed by atoms with Crippen LogP contribution < -0.4 is 10.1 Å². The van der Waals surface area contributed by atoms with Crippen molar-refractivity contribution >= 4 is 23.2 Å². The van der Waals surface area contributed by atoms with E-state index < -0.39 is 4.92 Å². The lowest BCUT2D eigenvalue weighted by Gasteiger charge is -2.10. The zero-order valence-electron chi connectivity index (χ0n) is 16.6. The number of hydrogen-bond acceptors (Lipinski definition) is 5. The van der Waals surface area contributed by atoms with Crippen molar-refractivity contribution in [1.82, 2.24) is 15.1 Å². The van der Waals surface area contributed by atoms with E-state index in [2.05, 4.69) is 10.4 Å². The molecular weight excluding hydrogens is 408 g/mol. The third-order valence-corrected chi connectivity index (χ3v) is 4.89. The Morgan fingerprint density at radius 3 is 2.80 bits per heavy atom. The standard InChI is InChI=1S/C21H21ClN4O4/c1-3-25-20(18(22)11-24-25)12-23-21(27)16-6-4-5-15(10-16)13-30-17-7-8-19(26(28)29)14(2)9-17/h4-11H,3,12-13H2,1-2H3,(H,23,27). The second-order valence-corrected chi connectivity index (χ2v) is 7.04. The molecule has 0 atom stereocenters. The van der Waals surface area contributed by atoms with Crippen LogP contribution in [-0.4, -0.2) is 20.6 Å². The Morgan fingerprint density at radius 2 is 2.10 bits per heavy atom. The van der Waals surface area contributed by atoms with E-state index in [4.69, 9.17) is 16.3 Å². The Labute approximate surface area is 178 Å².